The number of aryl methyl sites for hydroxylation is 3. The topological polar surface area (TPSA) is 99.2 Å². The Kier molecular flexibility index (Phi) is 4.26. The highest BCUT2D eigenvalue weighted by molar-refractivity contribution is 5.92. The summed E-state index contributed by atoms with van der Waals surface area (Å²) >= 11 is 0. The molecule has 0 atom stereocenters. The number of fused-ring (bicyclic) bond motifs is 1. The summed E-state index contributed by atoms with van der Waals surface area (Å²) in [5.74, 6) is 0.485. The molecule has 0 radical (unpaired) electrons. The first kappa shape index (κ1) is 16.7. The van der Waals surface area contributed by atoms with Gasteiger partial charge < -0.3 is 14.5 Å². The van der Waals surface area contributed by atoms with Crippen LogP contribution >= 0.6 is 0 Å². The van der Waals surface area contributed by atoms with Gasteiger partial charge >= 0.3 is 5.63 Å². The maximum atomic E-state index is 12.0. The van der Waals surface area contributed by atoms with Gasteiger partial charge in [-0.3, -0.25) is 9.48 Å². The molecular formula is C17H18N4O4. The average Bonchev–Trinajstić information content (AvgIpc) is 2.95. The zero-order chi connectivity index (χ0) is 18.1. The molecule has 0 saturated heterocycles. The Labute approximate surface area is 143 Å². The molecule has 0 aliphatic carbocycles. The standard InChI is InChI=1S/C17H18N4O4/c1-9-5-12(16-10(2)11(3)17(23)25-13(16)6-9)24-8-15(22)18-14-7-21(4)20-19-14/h5-7H,8H2,1-4H3,(H,18,22). The lowest BCUT2D eigenvalue weighted by atomic mass is 10.0. The van der Waals surface area contributed by atoms with Gasteiger partial charge in [-0.25, -0.2) is 4.79 Å². The van der Waals surface area contributed by atoms with Crippen molar-refractivity contribution in [2.24, 2.45) is 7.05 Å². The summed E-state index contributed by atoms with van der Waals surface area (Å²) in [6, 6.07) is 3.58. The van der Waals surface area contributed by atoms with E-state index in [9.17, 15) is 9.59 Å². The molecule has 0 aliphatic heterocycles. The molecule has 1 N–H and O–H groups in total. The van der Waals surface area contributed by atoms with Gasteiger partial charge in [0.05, 0.1) is 11.6 Å². The van der Waals surface area contributed by atoms with Gasteiger partial charge in [0.2, 0.25) is 0 Å². The molecule has 25 heavy (non-hydrogen) atoms. The van der Waals surface area contributed by atoms with Crippen LogP contribution in [0.1, 0.15) is 16.7 Å². The number of hydrogen-bond acceptors (Lipinski definition) is 6. The Balaban J connectivity index is 1.87. The number of carbonyl (C=O) groups is 1. The highest BCUT2D eigenvalue weighted by Crippen LogP contribution is 2.30. The number of nitrogens with zero attached hydrogens (tertiary/aromatic N) is 3. The van der Waals surface area contributed by atoms with Crippen LogP contribution in [0.4, 0.5) is 5.82 Å². The predicted octanol–water partition coefficient (Wildman–Crippen LogP) is 1.86. The number of carbonyl (C=O) groups excluding carboxylic acids is 1. The van der Waals surface area contributed by atoms with E-state index in [4.69, 9.17) is 9.15 Å². The van der Waals surface area contributed by atoms with E-state index < -0.39 is 0 Å². The molecule has 0 bridgehead atoms. The lowest BCUT2D eigenvalue weighted by molar-refractivity contribution is -0.118. The second-order valence-corrected chi connectivity index (χ2v) is 5.89. The van der Waals surface area contributed by atoms with Crippen molar-refractivity contribution in [1.82, 2.24) is 15.0 Å². The van der Waals surface area contributed by atoms with E-state index in [0.29, 0.717) is 28.1 Å². The number of rotatable bonds is 4. The molecule has 2 heterocycles. The van der Waals surface area contributed by atoms with Crippen LogP contribution in [0.5, 0.6) is 5.75 Å². The van der Waals surface area contributed by atoms with Crippen molar-refractivity contribution < 1.29 is 13.9 Å². The van der Waals surface area contributed by atoms with E-state index in [1.54, 1.807) is 26.2 Å². The lowest BCUT2D eigenvalue weighted by Crippen LogP contribution is -2.20. The molecule has 8 nitrogen and oxygen atoms in total. The van der Waals surface area contributed by atoms with Gasteiger partial charge in [0.1, 0.15) is 11.3 Å². The van der Waals surface area contributed by atoms with E-state index in [1.165, 1.54) is 4.68 Å². The second kappa shape index (κ2) is 6.39. The van der Waals surface area contributed by atoms with Crippen molar-refractivity contribution >= 4 is 22.7 Å². The molecule has 2 aromatic heterocycles. The number of nitrogens with one attached hydrogen (secondary N) is 1. The number of benzene rings is 1. The van der Waals surface area contributed by atoms with Crippen LogP contribution in [0.15, 0.2) is 27.5 Å². The van der Waals surface area contributed by atoms with E-state index in [0.717, 1.165) is 11.1 Å². The first-order valence-electron chi connectivity index (χ1n) is 7.69. The minimum absolute atomic E-state index is 0.202. The zero-order valence-corrected chi connectivity index (χ0v) is 14.4. The molecule has 130 valence electrons. The van der Waals surface area contributed by atoms with Crippen LogP contribution in [0.3, 0.4) is 0 Å². The molecule has 8 heteroatoms. The zero-order valence-electron chi connectivity index (χ0n) is 14.4. The van der Waals surface area contributed by atoms with Crippen molar-refractivity contribution in [3.63, 3.8) is 0 Å². The maximum absolute atomic E-state index is 12.0. The molecule has 0 fully saturated rings. The van der Waals surface area contributed by atoms with Crippen LogP contribution in [-0.2, 0) is 11.8 Å². The normalized spacial score (nSPS) is 10.9. The molecule has 0 spiro atoms. The van der Waals surface area contributed by atoms with Gasteiger partial charge in [-0.15, -0.1) is 5.10 Å². The Bertz CT molecular complexity index is 1020. The monoisotopic (exact) mass is 342 g/mol. The van der Waals surface area contributed by atoms with Gasteiger partial charge in [-0.2, -0.15) is 0 Å². The highest BCUT2D eigenvalue weighted by atomic mass is 16.5. The number of amides is 1. The van der Waals surface area contributed by atoms with Gasteiger partial charge in [-0.1, -0.05) is 5.21 Å². The van der Waals surface area contributed by atoms with Gasteiger partial charge in [0.25, 0.3) is 5.91 Å². The SMILES string of the molecule is Cc1cc(OCC(=O)Nc2cn(C)nn2)c2c(C)c(C)c(=O)oc2c1. The number of ether oxygens (including phenoxy) is 1. The van der Waals surface area contributed by atoms with E-state index in [-0.39, 0.29) is 18.1 Å². The molecule has 1 amide bonds. The number of hydrogen-bond donors (Lipinski definition) is 1. The minimum Gasteiger partial charge on any atom is -0.483 e. The Hall–Kier alpha value is -3.16. The summed E-state index contributed by atoms with van der Waals surface area (Å²) in [6.45, 7) is 5.19. The fourth-order valence-electron chi connectivity index (χ4n) is 2.53. The number of anilines is 1. The van der Waals surface area contributed by atoms with Crippen molar-refractivity contribution in [1.29, 1.82) is 0 Å². The first-order chi connectivity index (χ1) is 11.8. The molecule has 3 aromatic rings. The largest absolute Gasteiger partial charge is 0.483 e. The van der Waals surface area contributed by atoms with E-state index >= 15 is 0 Å². The lowest BCUT2D eigenvalue weighted by Gasteiger charge is -2.12. The van der Waals surface area contributed by atoms with Gasteiger partial charge in [0, 0.05) is 12.6 Å². The second-order valence-electron chi connectivity index (χ2n) is 5.89. The number of aromatic nitrogens is 3. The van der Waals surface area contributed by atoms with E-state index in [2.05, 4.69) is 15.6 Å². The Morgan fingerprint density at radius 3 is 2.72 bits per heavy atom. The van der Waals surface area contributed by atoms with E-state index in [1.807, 2.05) is 19.9 Å². The van der Waals surface area contributed by atoms with Crippen molar-refractivity contribution in [3.8, 4) is 5.75 Å². The molecule has 0 aliphatic rings. The first-order valence-corrected chi connectivity index (χ1v) is 7.69. The van der Waals surface area contributed by atoms with Crippen molar-refractivity contribution in [3.05, 3.63) is 45.4 Å². The van der Waals surface area contributed by atoms with Crippen LogP contribution in [0.2, 0.25) is 0 Å². The summed E-state index contributed by atoms with van der Waals surface area (Å²) in [5.41, 5.74) is 2.23. The van der Waals surface area contributed by atoms with Crippen LogP contribution in [0, 0.1) is 20.8 Å². The molecule has 3 rings (SSSR count). The predicted molar refractivity (Wildman–Crippen MR) is 91.8 cm³/mol. The Morgan fingerprint density at radius 2 is 2.04 bits per heavy atom. The third-order valence-corrected chi connectivity index (χ3v) is 3.89. The summed E-state index contributed by atoms with van der Waals surface area (Å²) in [7, 11) is 1.71. The molecule has 0 saturated carbocycles. The molecule has 1 aromatic carbocycles. The fourth-order valence-corrected chi connectivity index (χ4v) is 2.53. The van der Waals surface area contributed by atoms with Crippen molar-refractivity contribution in [2.75, 3.05) is 11.9 Å². The Morgan fingerprint density at radius 1 is 1.28 bits per heavy atom. The molecule has 0 unspecified atom stereocenters. The summed E-state index contributed by atoms with van der Waals surface area (Å²) in [5, 5.41) is 10.8. The average molecular weight is 342 g/mol. The van der Waals surface area contributed by atoms with Crippen LogP contribution in [-0.4, -0.2) is 27.5 Å². The maximum Gasteiger partial charge on any atom is 0.339 e. The fraction of sp³-hybridized carbons (Fsp3) is 0.294. The third kappa shape index (κ3) is 3.37. The molecular weight excluding hydrogens is 324 g/mol. The quantitative estimate of drug-likeness (QED) is 0.727. The van der Waals surface area contributed by atoms with Crippen molar-refractivity contribution in [2.45, 2.75) is 20.8 Å². The third-order valence-electron chi connectivity index (χ3n) is 3.89. The summed E-state index contributed by atoms with van der Waals surface area (Å²) in [6.07, 6.45) is 1.59. The van der Waals surface area contributed by atoms with Gasteiger partial charge in [-0.05, 0) is 44.0 Å². The smallest absolute Gasteiger partial charge is 0.339 e. The van der Waals surface area contributed by atoms with Crippen LogP contribution in [0.25, 0.3) is 11.0 Å². The highest BCUT2D eigenvalue weighted by Gasteiger charge is 2.15. The minimum atomic E-state index is -0.373. The summed E-state index contributed by atoms with van der Waals surface area (Å²) in [4.78, 5) is 23.9. The van der Waals surface area contributed by atoms with Crippen LogP contribution < -0.4 is 15.7 Å². The summed E-state index contributed by atoms with van der Waals surface area (Å²) < 4.78 is 12.5. The van der Waals surface area contributed by atoms with Gasteiger partial charge in [0.15, 0.2) is 12.4 Å².